The summed E-state index contributed by atoms with van der Waals surface area (Å²) in [6.45, 7) is 8.71. The van der Waals surface area contributed by atoms with Gasteiger partial charge in [0.25, 0.3) is 0 Å². The van der Waals surface area contributed by atoms with Gasteiger partial charge in [-0.15, -0.1) is 0 Å². The number of hydrogen-bond donors (Lipinski definition) is 0. The largest absolute Gasteiger partial charge is 0.265 e. The SMILES string of the molecule is Cc1cc(C)c(SN2CCc3cc(-c4ccncc4)ccc3C2)c(C)c1. The number of fused-ring (bicyclic) bond motifs is 1. The monoisotopic (exact) mass is 360 g/mol. The molecule has 3 aromatic rings. The lowest BCUT2D eigenvalue weighted by atomic mass is 9.96. The summed E-state index contributed by atoms with van der Waals surface area (Å²) in [5.74, 6) is 0. The molecule has 0 atom stereocenters. The number of aromatic nitrogens is 1. The fourth-order valence-corrected chi connectivity index (χ4v) is 4.82. The first-order valence-electron chi connectivity index (χ1n) is 9.13. The molecule has 2 heterocycles. The number of benzene rings is 2. The average molecular weight is 361 g/mol. The van der Waals surface area contributed by atoms with Crippen molar-refractivity contribution in [2.75, 3.05) is 6.54 Å². The standard InChI is InChI=1S/C23H24N2S/c1-16-12-17(2)23(18(3)13-16)26-25-11-8-21-14-20(4-5-22(21)15-25)19-6-9-24-10-7-19/h4-7,9-10,12-14H,8,11,15H2,1-3H3. The van der Waals surface area contributed by atoms with Gasteiger partial charge >= 0.3 is 0 Å². The van der Waals surface area contributed by atoms with Crippen LogP contribution in [-0.2, 0) is 13.0 Å². The van der Waals surface area contributed by atoms with E-state index in [9.17, 15) is 0 Å². The van der Waals surface area contributed by atoms with Gasteiger partial charge in [-0.05, 0) is 84.7 Å². The van der Waals surface area contributed by atoms with E-state index in [0.717, 1.165) is 19.5 Å². The molecule has 0 saturated heterocycles. The van der Waals surface area contributed by atoms with E-state index in [-0.39, 0.29) is 0 Å². The predicted molar refractivity (Wildman–Crippen MR) is 110 cm³/mol. The van der Waals surface area contributed by atoms with Crippen molar-refractivity contribution in [1.29, 1.82) is 0 Å². The molecule has 4 rings (SSSR count). The molecule has 1 aliphatic rings. The molecule has 1 aliphatic heterocycles. The molecular weight excluding hydrogens is 336 g/mol. The van der Waals surface area contributed by atoms with Crippen molar-refractivity contribution < 1.29 is 0 Å². The Bertz CT molecular complexity index is 911. The minimum Gasteiger partial charge on any atom is -0.265 e. The molecule has 26 heavy (non-hydrogen) atoms. The number of aryl methyl sites for hydroxylation is 3. The highest BCUT2D eigenvalue weighted by molar-refractivity contribution is 7.97. The van der Waals surface area contributed by atoms with E-state index in [2.05, 4.69) is 72.5 Å². The van der Waals surface area contributed by atoms with Crippen LogP contribution in [-0.4, -0.2) is 15.8 Å². The highest BCUT2D eigenvalue weighted by Gasteiger charge is 2.19. The smallest absolute Gasteiger partial charge is 0.0346 e. The van der Waals surface area contributed by atoms with Gasteiger partial charge in [-0.3, -0.25) is 4.98 Å². The first-order valence-corrected chi connectivity index (χ1v) is 9.90. The summed E-state index contributed by atoms with van der Waals surface area (Å²) in [6, 6.07) is 15.6. The molecule has 0 aliphatic carbocycles. The molecule has 0 bridgehead atoms. The molecule has 132 valence electrons. The first-order chi connectivity index (χ1) is 12.6. The molecule has 0 unspecified atom stereocenters. The van der Waals surface area contributed by atoms with Crippen molar-refractivity contribution in [3.63, 3.8) is 0 Å². The predicted octanol–water partition coefficient (Wildman–Crippen LogP) is 5.74. The normalized spacial score (nSPS) is 14.3. The number of nitrogens with zero attached hydrogens (tertiary/aromatic N) is 2. The molecule has 2 nitrogen and oxygen atoms in total. The average Bonchev–Trinajstić information content (AvgIpc) is 2.65. The third-order valence-corrected chi connectivity index (χ3v) is 6.42. The van der Waals surface area contributed by atoms with E-state index in [1.165, 1.54) is 43.8 Å². The minimum absolute atomic E-state index is 1.00. The molecule has 1 aromatic heterocycles. The summed E-state index contributed by atoms with van der Waals surface area (Å²) in [4.78, 5) is 5.53. The van der Waals surface area contributed by atoms with Crippen LogP contribution in [0.25, 0.3) is 11.1 Å². The zero-order valence-corrected chi connectivity index (χ0v) is 16.4. The molecule has 0 radical (unpaired) electrons. The zero-order valence-electron chi connectivity index (χ0n) is 15.6. The van der Waals surface area contributed by atoms with Gasteiger partial charge < -0.3 is 0 Å². The Morgan fingerprint density at radius 3 is 2.31 bits per heavy atom. The van der Waals surface area contributed by atoms with Crippen molar-refractivity contribution in [1.82, 2.24) is 9.29 Å². The van der Waals surface area contributed by atoms with Gasteiger partial charge in [0.15, 0.2) is 0 Å². The summed E-state index contributed by atoms with van der Waals surface area (Å²) in [7, 11) is 0. The van der Waals surface area contributed by atoms with Crippen LogP contribution in [0.4, 0.5) is 0 Å². The first kappa shape index (κ1) is 17.3. The van der Waals surface area contributed by atoms with E-state index in [1.807, 2.05) is 24.3 Å². The van der Waals surface area contributed by atoms with Crippen molar-refractivity contribution in [2.45, 2.75) is 38.6 Å². The van der Waals surface area contributed by atoms with Crippen LogP contribution in [0.5, 0.6) is 0 Å². The molecule has 0 spiro atoms. The Kier molecular flexibility index (Phi) is 4.84. The highest BCUT2D eigenvalue weighted by Crippen LogP contribution is 2.34. The lowest BCUT2D eigenvalue weighted by Crippen LogP contribution is -2.24. The lowest BCUT2D eigenvalue weighted by Gasteiger charge is -2.29. The van der Waals surface area contributed by atoms with E-state index < -0.39 is 0 Å². The van der Waals surface area contributed by atoms with Gasteiger partial charge in [0.05, 0.1) is 0 Å². The van der Waals surface area contributed by atoms with Crippen LogP contribution >= 0.6 is 11.9 Å². The van der Waals surface area contributed by atoms with E-state index >= 15 is 0 Å². The van der Waals surface area contributed by atoms with Crippen LogP contribution in [0.3, 0.4) is 0 Å². The Morgan fingerprint density at radius 1 is 0.846 bits per heavy atom. The Labute approximate surface area is 160 Å². The minimum atomic E-state index is 1.00. The van der Waals surface area contributed by atoms with Crippen molar-refractivity contribution in [3.05, 3.63) is 82.7 Å². The van der Waals surface area contributed by atoms with Gasteiger partial charge in [-0.1, -0.05) is 35.9 Å². The summed E-state index contributed by atoms with van der Waals surface area (Å²) >= 11 is 1.92. The lowest BCUT2D eigenvalue weighted by molar-refractivity contribution is 0.444. The zero-order chi connectivity index (χ0) is 18.1. The molecule has 0 amide bonds. The number of rotatable bonds is 3. The maximum Gasteiger partial charge on any atom is 0.0346 e. The molecule has 0 fully saturated rings. The molecule has 3 heteroatoms. The second-order valence-corrected chi connectivity index (χ2v) is 8.26. The third kappa shape index (κ3) is 3.55. The molecular formula is C23H24N2S. The van der Waals surface area contributed by atoms with Gasteiger partial charge in [0.1, 0.15) is 0 Å². The van der Waals surface area contributed by atoms with Crippen molar-refractivity contribution in [3.8, 4) is 11.1 Å². The van der Waals surface area contributed by atoms with Gasteiger partial charge in [0.2, 0.25) is 0 Å². The Morgan fingerprint density at radius 2 is 1.58 bits per heavy atom. The fourth-order valence-electron chi connectivity index (χ4n) is 3.77. The summed E-state index contributed by atoms with van der Waals surface area (Å²) in [6.07, 6.45) is 4.82. The van der Waals surface area contributed by atoms with E-state index in [0.29, 0.717) is 0 Å². The molecule has 0 saturated carbocycles. The van der Waals surface area contributed by atoms with Gasteiger partial charge in [-0.25, -0.2) is 4.31 Å². The maximum absolute atomic E-state index is 4.12. The van der Waals surface area contributed by atoms with Crippen LogP contribution < -0.4 is 0 Å². The van der Waals surface area contributed by atoms with Crippen LogP contribution in [0.15, 0.2) is 59.8 Å². The number of hydrogen-bond acceptors (Lipinski definition) is 3. The molecule has 0 N–H and O–H groups in total. The summed E-state index contributed by atoms with van der Waals surface area (Å²) in [5, 5.41) is 0. The van der Waals surface area contributed by atoms with Crippen LogP contribution in [0.1, 0.15) is 27.8 Å². The second kappa shape index (κ2) is 7.26. The quantitative estimate of drug-likeness (QED) is 0.554. The van der Waals surface area contributed by atoms with Gasteiger partial charge in [0, 0.05) is 30.4 Å². The van der Waals surface area contributed by atoms with E-state index in [1.54, 1.807) is 0 Å². The number of pyridine rings is 1. The summed E-state index contributed by atoms with van der Waals surface area (Å²) in [5.41, 5.74) is 9.56. The maximum atomic E-state index is 4.12. The molecule has 2 aromatic carbocycles. The van der Waals surface area contributed by atoms with Crippen molar-refractivity contribution in [2.24, 2.45) is 0 Å². The summed E-state index contributed by atoms with van der Waals surface area (Å²) < 4.78 is 2.50. The highest BCUT2D eigenvalue weighted by atomic mass is 32.2. The van der Waals surface area contributed by atoms with Gasteiger partial charge in [-0.2, -0.15) is 0 Å². The van der Waals surface area contributed by atoms with E-state index in [4.69, 9.17) is 0 Å². The third-order valence-electron chi connectivity index (χ3n) is 5.02. The van der Waals surface area contributed by atoms with Crippen LogP contribution in [0, 0.1) is 20.8 Å². The van der Waals surface area contributed by atoms with Crippen LogP contribution in [0.2, 0.25) is 0 Å². The topological polar surface area (TPSA) is 16.1 Å². The Balaban J connectivity index is 1.54. The Hall–Kier alpha value is -2.10. The fraction of sp³-hybridized carbons (Fsp3) is 0.261. The van der Waals surface area contributed by atoms with Crippen molar-refractivity contribution >= 4 is 11.9 Å². The second-order valence-electron chi connectivity index (χ2n) is 7.15.